The van der Waals surface area contributed by atoms with E-state index in [1.54, 1.807) is 0 Å². The van der Waals surface area contributed by atoms with Gasteiger partial charge in [0.25, 0.3) is 0 Å². The minimum atomic E-state index is -4.06. The van der Waals surface area contributed by atoms with E-state index in [-0.39, 0.29) is 12.8 Å². The van der Waals surface area contributed by atoms with Crippen LogP contribution in [0.5, 0.6) is 0 Å². The fraction of sp³-hybridized carbons (Fsp3) is 0.818. The van der Waals surface area contributed by atoms with Crippen LogP contribution in [-0.2, 0) is 0 Å². The van der Waals surface area contributed by atoms with Crippen LogP contribution in [-0.4, -0.2) is 29.5 Å². The van der Waals surface area contributed by atoms with Crippen molar-refractivity contribution in [3.63, 3.8) is 0 Å². The van der Waals surface area contributed by atoms with Crippen molar-refractivity contribution in [2.75, 3.05) is 18.0 Å². The molecular formula is C11H16F3N3S. The summed E-state index contributed by atoms with van der Waals surface area (Å²) in [6.07, 6.45) is -3.75. The standard InChI is InChI=1S/C11H16F3N3S/c1-7(2)9-15-16-10(18-9)17-5-3-8(4-6-17)11(12,13)14/h7-8H,3-6H2,1-2H3. The minimum absolute atomic E-state index is 0.153. The number of nitrogens with zero attached hydrogens (tertiary/aromatic N) is 3. The van der Waals surface area contributed by atoms with Crippen LogP contribution in [0.2, 0.25) is 0 Å². The maximum atomic E-state index is 12.5. The van der Waals surface area contributed by atoms with Gasteiger partial charge >= 0.3 is 6.18 Å². The summed E-state index contributed by atoms with van der Waals surface area (Å²) in [5.74, 6) is -0.852. The van der Waals surface area contributed by atoms with Gasteiger partial charge in [-0.25, -0.2) is 0 Å². The van der Waals surface area contributed by atoms with Gasteiger partial charge in [-0.2, -0.15) is 13.2 Å². The fourth-order valence-corrected chi connectivity index (χ4v) is 2.88. The topological polar surface area (TPSA) is 29.0 Å². The van der Waals surface area contributed by atoms with Gasteiger partial charge < -0.3 is 4.90 Å². The van der Waals surface area contributed by atoms with Crippen molar-refractivity contribution in [3.05, 3.63) is 5.01 Å². The molecule has 0 radical (unpaired) electrons. The third-order valence-electron chi connectivity index (χ3n) is 3.15. The monoisotopic (exact) mass is 279 g/mol. The molecule has 1 saturated heterocycles. The van der Waals surface area contributed by atoms with Crippen molar-refractivity contribution in [1.29, 1.82) is 0 Å². The highest BCUT2D eigenvalue weighted by Gasteiger charge is 2.41. The SMILES string of the molecule is CC(C)c1nnc(N2CCC(C(F)(F)F)CC2)s1. The second-order valence-corrected chi connectivity index (χ2v) is 5.87. The molecule has 0 unspecified atom stereocenters. The predicted molar refractivity (Wildman–Crippen MR) is 65.0 cm³/mol. The quantitative estimate of drug-likeness (QED) is 0.830. The molecule has 0 spiro atoms. The van der Waals surface area contributed by atoms with E-state index in [1.807, 2.05) is 18.7 Å². The van der Waals surface area contributed by atoms with Gasteiger partial charge in [-0.15, -0.1) is 10.2 Å². The lowest BCUT2D eigenvalue weighted by molar-refractivity contribution is -0.179. The van der Waals surface area contributed by atoms with Crippen LogP contribution < -0.4 is 4.90 Å². The molecule has 1 aromatic rings. The molecule has 0 saturated carbocycles. The molecule has 0 bridgehead atoms. The van der Waals surface area contributed by atoms with E-state index in [0.29, 0.717) is 19.0 Å². The van der Waals surface area contributed by atoms with Crippen LogP contribution in [0.25, 0.3) is 0 Å². The highest BCUT2D eigenvalue weighted by Crippen LogP contribution is 2.36. The van der Waals surface area contributed by atoms with Crippen LogP contribution in [0, 0.1) is 5.92 Å². The largest absolute Gasteiger partial charge is 0.391 e. The summed E-state index contributed by atoms with van der Waals surface area (Å²) >= 11 is 1.48. The fourth-order valence-electron chi connectivity index (χ4n) is 1.99. The van der Waals surface area contributed by atoms with Crippen molar-refractivity contribution in [2.24, 2.45) is 5.92 Å². The van der Waals surface area contributed by atoms with Crippen LogP contribution in [0.4, 0.5) is 18.3 Å². The first-order valence-electron chi connectivity index (χ1n) is 6.03. The van der Waals surface area contributed by atoms with Crippen molar-refractivity contribution in [1.82, 2.24) is 10.2 Å². The van der Waals surface area contributed by atoms with Crippen molar-refractivity contribution < 1.29 is 13.2 Å². The van der Waals surface area contributed by atoms with Gasteiger partial charge in [-0.1, -0.05) is 25.2 Å². The Hall–Kier alpha value is -0.850. The Bertz CT molecular complexity index is 394. The number of alkyl halides is 3. The number of hydrogen-bond acceptors (Lipinski definition) is 4. The molecule has 1 aliphatic rings. The summed E-state index contributed by atoms with van der Waals surface area (Å²) in [6, 6.07) is 0. The summed E-state index contributed by atoms with van der Waals surface area (Å²) in [5.41, 5.74) is 0. The van der Waals surface area contributed by atoms with E-state index in [0.717, 1.165) is 10.1 Å². The number of hydrogen-bond donors (Lipinski definition) is 0. The zero-order valence-corrected chi connectivity index (χ0v) is 11.2. The van der Waals surface area contributed by atoms with Crippen LogP contribution in [0.1, 0.15) is 37.6 Å². The minimum Gasteiger partial charge on any atom is -0.347 e. The van der Waals surface area contributed by atoms with Gasteiger partial charge in [0, 0.05) is 19.0 Å². The predicted octanol–water partition coefficient (Wildman–Crippen LogP) is 3.44. The van der Waals surface area contributed by atoms with Crippen molar-refractivity contribution in [2.45, 2.75) is 38.8 Å². The van der Waals surface area contributed by atoms with Crippen LogP contribution >= 0.6 is 11.3 Å². The van der Waals surface area contributed by atoms with Crippen molar-refractivity contribution >= 4 is 16.5 Å². The first-order valence-corrected chi connectivity index (χ1v) is 6.84. The second kappa shape index (κ2) is 5.03. The summed E-state index contributed by atoms with van der Waals surface area (Å²) in [5, 5.41) is 9.81. The number of piperidine rings is 1. The molecule has 1 aromatic heterocycles. The molecule has 3 nitrogen and oxygen atoms in total. The zero-order chi connectivity index (χ0) is 13.3. The average Bonchev–Trinajstić information content (AvgIpc) is 2.77. The summed E-state index contributed by atoms with van der Waals surface area (Å²) < 4.78 is 37.6. The molecule has 102 valence electrons. The van der Waals surface area contributed by atoms with Gasteiger partial charge in [0.1, 0.15) is 5.01 Å². The molecule has 0 aliphatic carbocycles. The number of halogens is 3. The Labute approximate surface area is 108 Å². The number of rotatable bonds is 2. The highest BCUT2D eigenvalue weighted by atomic mass is 32.1. The number of aromatic nitrogens is 2. The first-order chi connectivity index (χ1) is 8.38. The molecule has 0 atom stereocenters. The summed E-state index contributed by atoms with van der Waals surface area (Å²) in [4.78, 5) is 1.91. The van der Waals surface area contributed by atoms with Crippen LogP contribution in [0.15, 0.2) is 0 Å². The Morgan fingerprint density at radius 2 is 1.83 bits per heavy atom. The lowest BCUT2D eigenvalue weighted by atomic mass is 9.97. The van der Waals surface area contributed by atoms with Crippen LogP contribution in [0.3, 0.4) is 0 Å². The van der Waals surface area contributed by atoms with Crippen molar-refractivity contribution in [3.8, 4) is 0 Å². The molecule has 2 rings (SSSR count). The molecule has 1 fully saturated rings. The van der Waals surface area contributed by atoms with E-state index >= 15 is 0 Å². The molecule has 18 heavy (non-hydrogen) atoms. The lowest BCUT2D eigenvalue weighted by Crippen LogP contribution is -2.38. The molecule has 7 heteroatoms. The Morgan fingerprint density at radius 1 is 1.22 bits per heavy atom. The highest BCUT2D eigenvalue weighted by molar-refractivity contribution is 7.15. The molecule has 0 amide bonds. The van der Waals surface area contributed by atoms with E-state index in [4.69, 9.17) is 0 Å². The molecule has 0 aromatic carbocycles. The molecule has 1 aliphatic heterocycles. The summed E-state index contributed by atoms with van der Waals surface area (Å²) in [7, 11) is 0. The molecule has 2 heterocycles. The van der Waals surface area contributed by atoms with Gasteiger partial charge in [-0.3, -0.25) is 0 Å². The Morgan fingerprint density at radius 3 is 2.28 bits per heavy atom. The zero-order valence-electron chi connectivity index (χ0n) is 10.4. The Kier molecular flexibility index (Phi) is 3.79. The molecule has 0 N–H and O–H groups in total. The second-order valence-electron chi connectivity index (χ2n) is 4.88. The van der Waals surface area contributed by atoms with Gasteiger partial charge in [-0.05, 0) is 12.8 Å². The van der Waals surface area contributed by atoms with E-state index < -0.39 is 12.1 Å². The van der Waals surface area contributed by atoms with E-state index in [1.165, 1.54) is 11.3 Å². The third-order valence-corrected chi connectivity index (χ3v) is 4.44. The smallest absolute Gasteiger partial charge is 0.347 e. The first kappa shape index (κ1) is 13.6. The lowest BCUT2D eigenvalue weighted by Gasteiger charge is -2.32. The molecular weight excluding hydrogens is 263 g/mol. The van der Waals surface area contributed by atoms with E-state index in [9.17, 15) is 13.2 Å². The van der Waals surface area contributed by atoms with Gasteiger partial charge in [0.2, 0.25) is 5.13 Å². The average molecular weight is 279 g/mol. The van der Waals surface area contributed by atoms with Gasteiger partial charge in [0.15, 0.2) is 0 Å². The third kappa shape index (κ3) is 2.93. The normalized spacial score (nSPS) is 18.7. The maximum Gasteiger partial charge on any atom is 0.391 e. The Balaban J connectivity index is 1.97. The maximum absolute atomic E-state index is 12.5. The van der Waals surface area contributed by atoms with E-state index in [2.05, 4.69) is 10.2 Å². The number of anilines is 1. The van der Waals surface area contributed by atoms with Gasteiger partial charge in [0.05, 0.1) is 5.92 Å². The summed E-state index contributed by atoms with van der Waals surface area (Å²) in [6.45, 7) is 4.88.